The summed E-state index contributed by atoms with van der Waals surface area (Å²) in [6.45, 7) is 22.4. The molecule has 141 valence electrons. The SMILES string of the molecule is [CH2]C(CC)(C1CC(C)CCC1C(C)C)C1CC(C)CCC1C(C)C. The first-order chi connectivity index (χ1) is 11.2. The van der Waals surface area contributed by atoms with E-state index in [9.17, 15) is 0 Å². The smallest absolute Gasteiger partial charge is 0.0238 e. The van der Waals surface area contributed by atoms with E-state index >= 15 is 0 Å². The van der Waals surface area contributed by atoms with E-state index in [0.717, 1.165) is 47.3 Å². The first-order valence-electron chi connectivity index (χ1n) is 11.1. The Kier molecular flexibility index (Phi) is 6.88. The van der Waals surface area contributed by atoms with Gasteiger partial charge in [-0.25, -0.2) is 0 Å². The van der Waals surface area contributed by atoms with Gasteiger partial charge in [-0.05, 0) is 91.8 Å². The predicted molar refractivity (Wildman–Crippen MR) is 108 cm³/mol. The molecule has 6 atom stereocenters. The molecule has 0 aromatic heterocycles. The lowest BCUT2D eigenvalue weighted by molar-refractivity contribution is -0.0466. The van der Waals surface area contributed by atoms with Crippen molar-refractivity contribution in [3.63, 3.8) is 0 Å². The van der Waals surface area contributed by atoms with Crippen LogP contribution in [0.15, 0.2) is 0 Å². The van der Waals surface area contributed by atoms with Gasteiger partial charge in [-0.3, -0.25) is 0 Å². The van der Waals surface area contributed by atoms with Gasteiger partial charge in [0.1, 0.15) is 0 Å². The van der Waals surface area contributed by atoms with Gasteiger partial charge in [-0.15, -0.1) is 0 Å². The van der Waals surface area contributed by atoms with E-state index in [1.54, 1.807) is 0 Å². The van der Waals surface area contributed by atoms with Crippen molar-refractivity contribution in [3.05, 3.63) is 6.92 Å². The van der Waals surface area contributed by atoms with E-state index in [1.807, 2.05) is 0 Å². The molecule has 2 saturated carbocycles. The fourth-order valence-electron chi connectivity index (χ4n) is 6.53. The van der Waals surface area contributed by atoms with Gasteiger partial charge in [-0.1, -0.05) is 61.3 Å². The van der Waals surface area contributed by atoms with Crippen LogP contribution in [0.4, 0.5) is 0 Å². The Morgan fingerprint density at radius 1 is 0.792 bits per heavy atom. The highest BCUT2D eigenvalue weighted by Crippen LogP contribution is 2.57. The molecule has 6 unspecified atom stereocenters. The summed E-state index contributed by atoms with van der Waals surface area (Å²) in [5.74, 6) is 6.88. The zero-order valence-corrected chi connectivity index (χ0v) is 17.8. The predicted octanol–water partition coefficient (Wildman–Crippen LogP) is 7.63. The molecule has 0 nitrogen and oxygen atoms in total. The molecule has 0 saturated heterocycles. The molecule has 0 heterocycles. The van der Waals surface area contributed by atoms with Crippen molar-refractivity contribution in [2.75, 3.05) is 0 Å². The molecule has 2 rings (SSSR count). The first kappa shape index (κ1) is 20.3. The van der Waals surface area contributed by atoms with Crippen LogP contribution < -0.4 is 0 Å². The fourth-order valence-corrected chi connectivity index (χ4v) is 6.53. The van der Waals surface area contributed by atoms with Crippen LogP contribution in [0.5, 0.6) is 0 Å². The molecule has 24 heavy (non-hydrogen) atoms. The summed E-state index contributed by atoms with van der Waals surface area (Å²) >= 11 is 0. The highest BCUT2D eigenvalue weighted by molar-refractivity contribution is 5.02. The summed E-state index contributed by atoms with van der Waals surface area (Å²) in [7, 11) is 0. The van der Waals surface area contributed by atoms with Crippen LogP contribution in [0.25, 0.3) is 0 Å². The molecular weight excluding hydrogens is 288 g/mol. The Morgan fingerprint density at radius 2 is 1.17 bits per heavy atom. The minimum Gasteiger partial charge on any atom is -0.0648 e. The van der Waals surface area contributed by atoms with Crippen molar-refractivity contribution >= 4 is 0 Å². The molecule has 0 spiro atoms. The zero-order valence-electron chi connectivity index (χ0n) is 17.8. The third-order valence-electron chi connectivity index (χ3n) is 8.18. The van der Waals surface area contributed by atoms with Crippen molar-refractivity contribution in [1.29, 1.82) is 0 Å². The third-order valence-corrected chi connectivity index (χ3v) is 8.18. The van der Waals surface area contributed by atoms with Crippen molar-refractivity contribution in [2.45, 2.75) is 93.4 Å². The molecule has 2 aliphatic carbocycles. The van der Waals surface area contributed by atoms with Gasteiger partial charge in [0.05, 0.1) is 0 Å². The largest absolute Gasteiger partial charge is 0.0648 e. The van der Waals surface area contributed by atoms with Crippen LogP contribution in [-0.4, -0.2) is 0 Å². The van der Waals surface area contributed by atoms with Crippen molar-refractivity contribution < 1.29 is 0 Å². The van der Waals surface area contributed by atoms with Gasteiger partial charge in [0.2, 0.25) is 0 Å². The van der Waals surface area contributed by atoms with Gasteiger partial charge in [0.25, 0.3) is 0 Å². The average Bonchev–Trinajstić information content (AvgIpc) is 2.53. The van der Waals surface area contributed by atoms with E-state index < -0.39 is 0 Å². The molecule has 1 radical (unpaired) electrons. The Morgan fingerprint density at radius 3 is 1.46 bits per heavy atom. The topological polar surface area (TPSA) is 0 Å². The molecule has 0 aromatic rings. The number of hydrogen-bond acceptors (Lipinski definition) is 0. The molecule has 2 aliphatic rings. The van der Waals surface area contributed by atoms with E-state index in [1.165, 1.54) is 44.9 Å². The summed E-state index contributed by atoms with van der Waals surface area (Å²) in [6.07, 6.45) is 9.88. The summed E-state index contributed by atoms with van der Waals surface area (Å²) in [5, 5.41) is 0. The second kappa shape index (κ2) is 8.13. The lowest BCUT2D eigenvalue weighted by Crippen LogP contribution is -2.48. The van der Waals surface area contributed by atoms with Crippen molar-refractivity contribution in [3.8, 4) is 0 Å². The van der Waals surface area contributed by atoms with Crippen LogP contribution in [-0.2, 0) is 0 Å². The standard InChI is InChI=1S/C24H45/c1-9-24(8,22-14-18(6)10-12-20(22)16(2)3)23-15-19(7)11-13-21(23)17(4)5/h16-23H,8-15H2,1-7H3. The van der Waals surface area contributed by atoms with Crippen LogP contribution in [0, 0.1) is 59.7 Å². The Labute approximate surface area is 153 Å². The molecule has 0 amide bonds. The molecule has 0 aromatic carbocycles. The Balaban J connectivity index is 2.35. The van der Waals surface area contributed by atoms with E-state index in [0.29, 0.717) is 5.41 Å². The molecule has 0 aliphatic heterocycles. The molecule has 0 heteroatoms. The van der Waals surface area contributed by atoms with Gasteiger partial charge in [-0.2, -0.15) is 0 Å². The van der Waals surface area contributed by atoms with Crippen LogP contribution in [0.1, 0.15) is 93.4 Å². The van der Waals surface area contributed by atoms with Crippen molar-refractivity contribution in [1.82, 2.24) is 0 Å². The van der Waals surface area contributed by atoms with E-state index in [4.69, 9.17) is 6.92 Å². The Bertz CT molecular complexity index is 347. The van der Waals surface area contributed by atoms with Crippen LogP contribution in [0.2, 0.25) is 0 Å². The Hall–Kier alpha value is 0. The maximum atomic E-state index is 5.07. The quantitative estimate of drug-likeness (QED) is 0.485. The van der Waals surface area contributed by atoms with E-state index in [-0.39, 0.29) is 0 Å². The molecular formula is C24H45. The summed E-state index contributed by atoms with van der Waals surface area (Å²) in [5.41, 5.74) is 0.299. The second-order valence-corrected chi connectivity index (χ2v) is 10.5. The molecule has 0 N–H and O–H groups in total. The van der Waals surface area contributed by atoms with Gasteiger partial charge < -0.3 is 0 Å². The lowest BCUT2D eigenvalue weighted by atomic mass is 9.50. The minimum atomic E-state index is 0.299. The van der Waals surface area contributed by atoms with Gasteiger partial charge >= 0.3 is 0 Å². The normalized spacial score (nSPS) is 40.8. The maximum absolute atomic E-state index is 5.07. The molecule has 0 bridgehead atoms. The highest BCUT2D eigenvalue weighted by Gasteiger charge is 2.49. The average molecular weight is 334 g/mol. The van der Waals surface area contributed by atoms with Crippen LogP contribution in [0.3, 0.4) is 0 Å². The second-order valence-electron chi connectivity index (χ2n) is 10.5. The molecule has 2 fully saturated rings. The maximum Gasteiger partial charge on any atom is -0.0238 e. The minimum absolute atomic E-state index is 0.299. The van der Waals surface area contributed by atoms with Crippen LogP contribution >= 0.6 is 0 Å². The highest BCUT2D eigenvalue weighted by atomic mass is 14.5. The number of hydrogen-bond donors (Lipinski definition) is 0. The summed E-state index contributed by atoms with van der Waals surface area (Å²) in [4.78, 5) is 0. The van der Waals surface area contributed by atoms with Crippen molar-refractivity contribution in [2.24, 2.45) is 52.8 Å². The monoisotopic (exact) mass is 333 g/mol. The van der Waals surface area contributed by atoms with E-state index in [2.05, 4.69) is 48.5 Å². The first-order valence-corrected chi connectivity index (χ1v) is 11.1. The zero-order chi connectivity index (χ0) is 18.1. The lowest BCUT2D eigenvalue weighted by Gasteiger charge is -2.55. The van der Waals surface area contributed by atoms with Gasteiger partial charge in [0.15, 0.2) is 0 Å². The summed E-state index contributed by atoms with van der Waals surface area (Å²) in [6, 6.07) is 0. The van der Waals surface area contributed by atoms with Gasteiger partial charge in [0, 0.05) is 0 Å². The third kappa shape index (κ3) is 4.04. The fraction of sp³-hybridized carbons (Fsp3) is 0.958. The number of rotatable bonds is 5. The summed E-state index contributed by atoms with van der Waals surface area (Å²) < 4.78 is 0.